The zero-order chi connectivity index (χ0) is 15.8. The lowest BCUT2D eigenvalue weighted by molar-refractivity contribution is -0.124. The van der Waals surface area contributed by atoms with Gasteiger partial charge in [0.2, 0.25) is 0 Å². The quantitative estimate of drug-likeness (QED) is 0.612. The van der Waals surface area contributed by atoms with Crippen molar-refractivity contribution in [1.82, 2.24) is 20.1 Å². The summed E-state index contributed by atoms with van der Waals surface area (Å²) in [5.74, 6) is -0.532. The summed E-state index contributed by atoms with van der Waals surface area (Å²) in [7, 11) is 0. The molecule has 0 atom stereocenters. The molecule has 0 aliphatic heterocycles. The molecule has 1 N–H and O–H groups in total. The minimum atomic E-state index is -0.644. The van der Waals surface area contributed by atoms with E-state index in [1.54, 1.807) is 35.3 Å². The first-order valence-corrected chi connectivity index (χ1v) is 6.47. The molecule has 22 heavy (non-hydrogen) atoms. The summed E-state index contributed by atoms with van der Waals surface area (Å²) in [6, 6.07) is 6.81. The molecule has 112 valence electrons. The second-order valence-electron chi connectivity index (χ2n) is 4.19. The number of pyridine rings is 1. The molecule has 8 nitrogen and oxygen atoms in total. The largest absolute Gasteiger partial charge is 0.452 e. The fourth-order valence-electron chi connectivity index (χ4n) is 1.57. The summed E-state index contributed by atoms with van der Waals surface area (Å²) >= 11 is 0. The number of nitriles is 1. The second-order valence-corrected chi connectivity index (χ2v) is 4.19. The van der Waals surface area contributed by atoms with Crippen molar-refractivity contribution in [3.05, 3.63) is 42.4 Å². The molecule has 2 rings (SSSR count). The first-order chi connectivity index (χ1) is 10.7. The van der Waals surface area contributed by atoms with Gasteiger partial charge < -0.3 is 10.1 Å². The van der Waals surface area contributed by atoms with Gasteiger partial charge in [-0.05, 0) is 18.2 Å². The monoisotopic (exact) mass is 299 g/mol. The van der Waals surface area contributed by atoms with Crippen LogP contribution >= 0.6 is 0 Å². The fourth-order valence-corrected chi connectivity index (χ4v) is 1.57. The molecule has 0 saturated heterocycles. The summed E-state index contributed by atoms with van der Waals surface area (Å²) in [6.45, 7) is -0.168. The maximum atomic E-state index is 11.8. The van der Waals surface area contributed by atoms with E-state index in [0.29, 0.717) is 5.82 Å². The molecule has 0 bridgehead atoms. The molecular weight excluding hydrogens is 286 g/mol. The van der Waals surface area contributed by atoms with Crippen molar-refractivity contribution in [2.45, 2.75) is 6.42 Å². The Morgan fingerprint density at radius 2 is 2.27 bits per heavy atom. The Hall–Kier alpha value is -3.21. The molecule has 0 saturated carbocycles. The van der Waals surface area contributed by atoms with E-state index in [1.807, 2.05) is 6.07 Å². The van der Waals surface area contributed by atoms with Crippen LogP contribution in [0.1, 0.15) is 16.8 Å². The number of amides is 1. The second kappa shape index (κ2) is 7.54. The molecule has 0 radical (unpaired) electrons. The molecule has 0 aliphatic carbocycles. The van der Waals surface area contributed by atoms with Crippen LogP contribution in [0.5, 0.6) is 0 Å². The highest BCUT2D eigenvalue weighted by atomic mass is 16.5. The molecule has 0 aliphatic rings. The smallest absolute Gasteiger partial charge is 0.340 e. The van der Waals surface area contributed by atoms with Gasteiger partial charge in [0, 0.05) is 25.1 Å². The number of carbonyl (C=O) groups excluding carboxylic acids is 2. The minimum absolute atomic E-state index is 0.207. The Bertz CT molecular complexity index is 674. The first-order valence-electron chi connectivity index (χ1n) is 6.47. The lowest BCUT2D eigenvalue weighted by atomic mass is 10.3. The van der Waals surface area contributed by atoms with Gasteiger partial charge in [0.05, 0.1) is 18.1 Å². The number of hydrogen-bond acceptors (Lipinski definition) is 6. The Balaban J connectivity index is 1.85. The van der Waals surface area contributed by atoms with Gasteiger partial charge in [0.1, 0.15) is 0 Å². The van der Waals surface area contributed by atoms with Gasteiger partial charge in [0.25, 0.3) is 5.91 Å². The van der Waals surface area contributed by atoms with E-state index in [1.165, 1.54) is 6.20 Å². The van der Waals surface area contributed by atoms with E-state index in [4.69, 9.17) is 10.00 Å². The molecule has 0 fully saturated rings. The highest BCUT2D eigenvalue weighted by Gasteiger charge is 2.10. The van der Waals surface area contributed by atoms with Crippen molar-refractivity contribution in [2.75, 3.05) is 13.2 Å². The maximum Gasteiger partial charge on any atom is 0.340 e. The van der Waals surface area contributed by atoms with Gasteiger partial charge in [-0.25, -0.2) is 14.5 Å². The van der Waals surface area contributed by atoms with Crippen LogP contribution in [0.3, 0.4) is 0 Å². The van der Waals surface area contributed by atoms with E-state index >= 15 is 0 Å². The number of carbonyl (C=O) groups is 2. The predicted molar refractivity (Wildman–Crippen MR) is 74.9 cm³/mol. The minimum Gasteiger partial charge on any atom is -0.452 e. The summed E-state index contributed by atoms with van der Waals surface area (Å²) in [5.41, 5.74) is 0.237. The third-order valence-corrected chi connectivity index (χ3v) is 2.62. The Morgan fingerprint density at radius 3 is 2.91 bits per heavy atom. The number of nitrogens with zero attached hydrogens (tertiary/aromatic N) is 4. The third kappa shape index (κ3) is 4.14. The van der Waals surface area contributed by atoms with Crippen LogP contribution in [0.2, 0.25) is 0 Å². The van der Waals surface area contributed by atoms with Crippen molar-refractivity contribution >= 4 is 11.9 Å². The average molecular weight is 299 g/mol. The lowest BCUT2D eigenvalue weighted by Gasteiger charge is -2.06. The highest BCUT2D eigenvalue weighted by molar-refractivity contribution is 5.91. The van der Waals surface area contributed by atoms with Crippen LogP contribution in [0.25, 0.3) is 5.82 Å². The number of aromatic nitrogens is 3. The maximum absolute atomic E-state index is 11.8. The van der Waals surface area contributed by atoms with Crippen LogP contribution in [0.15, 0.2) is 36.8 Å². The standard InChI is InChI=1S/C14H13N5O3/c15-5-1-6-16-13(20)10-22-14(21)11-3-4-12(17-9-11)19-8-2-7-18-19/h2-4,7-9H,1,6,10H2,(H,16,20). The van der Waals surface area contributed by atoms with Crippen LogP contribution in [0, 0.1) is 11.3 Å². The number of esters is 1. The summed E-state index contributed by atoms with van der Waals surface area (Å²) < 4.78 is 6.41. The van der Waals surface area contributed by atoms with Crippen LogP contribution < -0.4 is 5.32 Å². The van der Waals surface area contributed by atoms with Gasteiger partial charge >= 0.3 is 5.97 Å². The Labute approximate surface area is 126 Å². The van der Waals surface area contributed by atoms with Gasteiger partial charge in [0.15, 0.2) is 12.4 Å². The molecule has 0 aromatic carbocycles. The SMILES string of the molecule is N#CCCNC(=O)COC(=O)c1ccc(-n2cccn2)nc1. The third-order valence-electron chi connectivity index (χ3n) is 2.62. The molecule has 2 aromatic rings. The Kier molecular flexibility index (Phi) is 5.20. The van der Waals surface area contributed by atoms with Gasteiger partial charge in [-0.15, -0.1) is 0 Å². The van der Waals surface area contributed by atoms with Crippen LogP contribution in [-0.2, 0) is 9.53 Å². The van der Waals surface area contributed by atoms with Gasteiger partial charge in [-0.1, -0.05) is 0 Å². The van der Waals surface area contributed by atoms with E-state index in [9.17, 15) is 9.59 Å². The lowest BCUT2D eigenvalue weighted by Crippen LogP contribution is -2.29. The van der Waals surface area contributed by atoms with Crippen LogP contribution in [0.4, 0.5) is 0 Å². The van der Waals surface area contributed by atoms with Crippen molar-refractivity contribution < 1.29 is 14.3 Å². The predicted octanol–water partition coefficient (Wildman–Crippen LogP) is 0.454. The topological polar surface area (TPSA) is 110 Å². The normalized spacial score (nSPS) is 9.77. The molecule has 0 unspecified atom stereocenters. The summed E-state index contributed by atoms with van der Waals surface area (Å²) in [6.07, 6.45) is 4.91. The summed E-state index contributed by atoms with van der Waals surface area (Å²) in [4.78, 5) is 27.2. The first kappa shape index (κ1) is 15.2. The van der Waals surface area contributed by atoms with Crippen molar-refractivity contribution in [1.29, 1.82) is 5.26 Å². The van der Waals surface area contributed by atoms with E-state index < -0.39 is 18.5 Å². The molecule has 0 spiro atoms. The molecule has 2 aromatic heterocycles. The highest BCUT2D eigenvalue weighted by Crippen LogP contribution is 2.05. The van der Waals surface area contributed by atoms with Crippen molar-refractivity contribution in [2.24, 2.45) is 0 Å². The number of nitrogens with one attached hydrogen (secondary N) is 1. The molecule has 8 heteroatoms. The number of rotatable bonds is 6. The van der Waals surface area contributed by atoms with E-state index in [0.717, 1.165) is 0 Å². The summed E-state index contributed by atoms with van der Waals surface area (Å²) in [5, 5.41) is 14.8. The number of ether oxygens (including phenoxy) is 1. The van der Waals surface area contributed by atoms with E-state index in [2.05, 4.69) is 15.4 Å². The zero-order valence-corrected chi connectivity index (χ0v) is 11.6. The van der Waals surface area contributed by atoms with Crippen LogP contribution in [-0.4, -0.2) is 39.8 Å². The number of hydrogen-bond donors (Lipinski definition) is 1. The zero-order valence-electron chi connectivity index (χ0n) is 11.6. The molecular formula is C14H13N5O3. The van der Waals surface area contributed by atoms with Gasteiger partial charge in [-0.2, -0.15) is 10.4 Å². The van der Waals surface area contributed by atoms with Crippen molar-refractivity contribution in [3.8, 4) is 11.9 Å². The average Bonchev–Trinajstić information content (AvgIpc) is 3.07. The van der Waals surface area contributed by atoms with Crippen molar-refractivity contribution in [3.63, 3.8) is 0 Å². The Morgan fingerprint density at radius 1 is 1.41 bits per heavy atom. The van der Waals surface area contributed by atoms with E-state index in [-0.39, 0.29) is 18.5 Å². The molecule has 2 heterocycles. The molecule has 1 amide bonds. The van der Waals surface area contributed by atoms with Gasteiger partial charge in [-0.3, -0.25) is 4.79 Å². The fraction of sp³-hybridized carbons (Fsp3) is 0.214.